The first kappa shape index (κ1) is 20.1. The number of amides is 2. The molecule has 1 aromatic heterocycles. The summed E-state index contributed by atoms with van der Waals surface area (Å²) in [6.45, 7) is 6.98. The quantitative estimate of drug-likeness (QED) is 0.763. The monoisotopic (exact) mass is 385 g/mol. The number of anilines is 1. The van der Waals surface area contributed by atoms with Crippen LogP contribution in [-0.2, 0) is 22.5 Å². The van der Waals surface area contributed by atoms with E-state index in [1.807, 2.05) is 19.1 Å². The zero-order chi connectivity index (χ0) is 20.1. The smallest absolute Gasteiger partial charge is 0.253 e. The minimum absolute atomic E-state index is 0.169. The highest BCUT2D eigenvalue weighted by Gasteiger charge is 2.24. The van der Waals surface area contributed by atoms with Gasteiger partial charge in [0.1, 0.15) is 6.10 Å². The van der Waals surface area contributed by atoms with Gasteiger partial charge in [0.15, 0.2) is 5.76 Å². The Bertz CT molecular complexity index is 838. The second-order valence-electron chi connectivity index (χ2n) is 7.59. The van der Waals surface area contributed by atoms with E-state index in [9.17, 15) is 9.59 Å². The third-order valence-corrected chi connectivity index (χ3v) is 4.63. The average molecular weight is 385 g/mol. The molecule has 28 heavy (non-hydrogen) atoms. The zero-order valence-electron chi connectivity index (χ0n) is 16.6. The molecule has 0 bridgehead atoms. The van der Waals surface area contributed by atoms with E-state index >= 15 is 0 Å². The molecule has 1 aliphatic heterocycles. The largest absolute Gasteiger partial charge is 0.368 e. The predicted octanol–water partition coefficient (Wildman–Crippen LogP) is 3.23. The lowest BCUT2D eigenvalue weighted by Gasteiger charge is -2.13. The Balaban J connectivity index is 1.60. The van der Waals surface area contributed by atoms with E-state index in [0.717, 1.165) is 30.5 Å². The van der Waals surface area contributed by atoms with Crippen LogP contribution in [0.15, 0.2) is 28.8 Å². The Hall–Kier alpha value is -2.67. The van der Waals surface area contributed by atoms with E-state index in [-0.39, 0.29) is 18.4 Å². The first-order valence-electron chi connectivity index (χ1n) is 9.68. The molecule has 1 fully saturated rings. The molecule has 1 saturated heterocycles. The molecule has 7 heteroatoms. The van der Waals surface area contributed by atoms with Crippen molar-refractivity contribution in [3.05, 3.63) is 46.8 Å². The maximum Gasteiger partial charge on any atom is 0.253 e. The van der Waals surface area contributed by atoms with Gasteiger partial charge < -0.3 is 19.9 Å². The number of aryl methyl sites for hydroxylation is 1. The number of benzene rings is 1. The van der Waals surface area contributed by atoms with Crippen molar-refractivity contribution in [2.45, 2.75) is 52.7 Å². The molecule has 2 heterocycles. The van der Waals surface area contributed by atoms with Crippen LogP contribution in [0.1, 0.15) is 54.1 Å². The fraction of sp³-hybridized carbons (Fsp3) is 0.476. The van der Waals surface area contributed by atoms with E-state index in [0.29, 0.717) is 29.5 Å². The Kier molecular flexibility index (Phi) is 6.46. The van der Waals surface area contributed by atoms with Crippen LogP contribution in [0.4, 0.5) is 5.69 Å². The minimum Gasteiger partial charge on any atom is -0.368 e. The van der Waals surface area contributed by atoms with E-state index < -0.39 is 6.10 Å². The molecule has 7 nitrogen and oxygen atoms in total. The summed E-state index contributed by atoms with van der Waals surface area (Å²) in [7, 11) is 0. The molecule has 1 aliphatic rings. The van der Waals surface area contributed by atoms with E-state index in [2.05, 4.69) is 29.6 Å². The van der Waals surface area contributed by atoms with E-state index in [1.165, 1.54) is 0 Å². The van der Waals surface area contributed by atoms with Crippen molar-refractivity contribution in [3.8, 4) is 0 Å². The number of carbonyl (C=O) groups is 2. The summed E-state index contributed by atoms with van der Waals surface area (Å²) in [6.07, 6.45) is 2.04. The maximum atomic E-state index is 12.5. The van der Waals surface area contributed by atoms with E-state index in [1.54, 1.807) is 12.1 Å². The lowest BCUT2D eigenvalue weighted by atomic mass is 10.1. The van der Waals surface area contributed by atoms with Gasteiger partial charge in [-0.1, -0.05) is 25.1 Å². The molecule has 2 amide bonds. The number of hydrogen-bond donors (Lipinski definition) is 2. The molecular weight excluding hydrogens is 358 g/mol. The number of hydrogen-bond acceptors (Lipinski definition) is 5. The number of aromatic nitrogens is 1. The Labute approximate surface area is 164 Å². The van der Waals surface area contributed by atoms with Crippen molar-refractivity contribution < 1.29 is 18.8 Å². The van der Waals surface area contributed by atoms with Crippen LogP contribution in [0.25, 0.3) is 0 Å². The summed E-state index contributed by atoms with van der Waals surface area (Å²) in [5.74, 6) is 0.693. The van der Waals surface area contributed by atoms with Crippen molar-refractivity contribution in [1.29, 1.82) is 0 Å². The van der Waals surface area contributed by atoms with Gasteiger partial charge in [-0.25, -0.2) is 0 Å². The molecular formula is C21H27N3O4. The number of ether oxygens (including phenoxy) is 1. The van der Waals surface area contributed by atoms with E-state index in [4.69, 9.17) is 9.26 Å². The third-order valence-electron chi connectivity index (χ3n) is 4.63. The van der Waals surface area contributed by atoms with Gasteiger partial charge in [-0.15, -0.1) is 0 Å². The third kappa shape index (κ3) is 5.19. The highest BCUT2D eigenvalue weighted by molar-refractivity contribution is 5.98. The fourth-order valence-electron chi connectivity index (χ4n) is 3.12. The number of rotatable bonds is 7. The summed E-state index contributed by atoms with van der Waals surface area (Å²) >= 11 is 0. The van der Waals surface area contributed by atoms with Crippen LogP contribution in [0.3, 0.4) is 0 Å². The van der Waals surface area contributed by atoms with Crippen molar-refractivity contribution in [2.75, 3.05) is 11.9 Å². The summed E-state index contributed by atoms with van der Waals surface area (Å²) < 4.78 is 10.7. The molecule has 0 aliphatic carbocycles. The van der Waals surface area contributed by atoms with Gasteiger partial charge in [0.05, 0.1) is 12.2 Å². The molecule has 2 aromatic rings. The lowest BCUT2D eigenvalue weighted by Crippen LogP contribution is -2.27. The number of nitrogens with zero attached hydrogens (tertiary/aromatic N) is 1. The van der Waals surface area contributed by atoms with Crippen LogP contribution < -0.4 is 10.6 Å². The van der Waals surface area contributed by atoms with Gasteiger partial charge >= 0.3 is 0 Å². The normalized spacial score (nSPS) is 16.4. The lowest BCUT2D eigenvalue weighted by molar-refractivity contribution is -0.124. The molecule has 1 atom stereocenters. The molecule has 3 rings (SSSR count). The minimum atomic E-state index is -0.414. The highest BCUT2D eigenvalue weighted by Crippen LogP contribution is 2.20. The molecule has 0 saturated carbocycles. The fourth-order valence-corrected chi connectivity index (χ4v) is 3.12. The second kappa shape index (κ2) is 9.01. The van der Waals surface area contributed by atoms with Crippen molar-refractivity contribution in [2.24, 2.45) is 5.92 Å². The summed E-state index contributed by atoms with van der Waals surface area (Å²) in [5, 5.41) is 9.71. The van der Waals surface area contributed by atoms with Crippen LogP contribution in [0.2, 0.25) is 0 Å². The number of carbonyl (C=O) groups excluding carboxylic acids is 2. The van der Waals surface area contributed by atoms with Crippen molar-refractivity contribution in [1.82, 2.24) is 10.5 Å². The average Bonchev–Trinajstić information content (AvgIpc) is 3.33. The topological polar surface area (TPSA) is 93.5 Å². The Morgan fingerprint density at radius 3 is 2.82 bits per heavy atom. The standard InChI is InChI=1S/C21H27N3O4/c1-13(2)9-16-11-17(28-24-16)12-22-20(25)15-7-6-14(3)18(10-15)23-21(26)19-5-4-8-27-19/h6-7,10-11,13,19H,4-5,8-9,12H2,1-3H3,(H,22,25)(H,23,26). The predicted molar refractivity (Wildman–Crippen MR) is 105 cm³/mol. The zero-order valence-corrected chi connectivity index (χ0v) is 16.6. The van der Waals surface area contributed by atoms with Gasteiger partial charge in [0, 0.05) is 23.9 Å². The van der Waals surface area contributed by atoms with Crippen LogP contribution in [-0.4, -0.2) is 29.7 Å². The molecule has 1 aromatic carbocycles. The molecule has 150 valence electrons. The number of nitrogens with one attached hydrogen (secondary N) is 2. The maximum absolute atomic E-state index is 12.5. The molecule has 0 spiro atoms. The van der Waals surface area contributed by atoms with Gasteiger partial charge in [0.25, 0.3) is 11.8 Å². The van der Waals surface area contributed by atoms with Crippen LogP contribution >= 0.6 is 0 Å². The van der Waals surface area contributed by atoms with Gasteiger partial charge in [-0.2, -0.15) is 0 Å². The molecule has 0 radical (unpaired) electrons. The van der Waals surface area contributed by atoms with Gasteiger partial charge in [0.2, 0.25) is 0 Å². The highest BCUT2D eigenvalue weighted by atomic mass is 16.5. The summed E-state index contributed by atoms with van der Waals surface area (Å²) in [6, 6.07) is 7.09. The van der Waals surface area contributed by atoms with Crippen LogP contribution in [0.5, 0.6) is 0 Å². The molecule has 1 unspecified atom stereocenters. The van der Waals surface area contributed by atoms with Crippen LogP contribution in [0, 0.1) is 12.8 Å². The van der Waals surface area contributed by atoms with Gasteiger partial charge in [-0.05, 0) is 49.8 Å². The SMILES string of the molecule is Cc1ccc(C(=O)NCc2cc(CC(C)C)no2)cc1NC(=O)C1CCCO1. The Morgan fingerprint density at radius 1 is 1.29 bits per heavy atom. The van der Waals surface area contributed by atoms with Crippen molar-refractivity contribution >= 4 is 17.5 Å². The van der Waals surface area contributed by atoms with Crippen molar-refractivity contribution in [3.63, 3.8) is 0 Å². The second-order valence-corrected chi connectivity index (χ2v) is 7.59. The summed E-state index contributed by atoms with van der Waals surface area (Å²) in [4.78, 5) is 24.8. The first-order chi connectivity index (χ1) is 13.4. The summed E-state index contributed by atoms with van der Waals surface area (Å²) in [5.41, 5.74) is 2.85. The molecule has 2 N–H and O–H groups in total. The van der Waals surface area contributed by atoms with Gasteiger partial charge in [-0.3, -0.25) is 9.59 Å². The first-order valence-corrected chi connectivity index (χ1v) is 9.68. The Morgan fingerprint density at radius 2 is 2.11 bits per heavy atom.